The molecule has 2 aromatic rings. The molecule has 0 radical (unpaired) electrons. The molecule has 0 aliphatic carbocycles. The van der Waals surface area contributed by atoms with Crippen LogP contribution in [0.3, 0.4) is 0 Å². The van der Waals surface area contributed by atoms with Crippen LogP contribution in [-0.4, -0.2) is 10.1 Å². The molecule has 4 nitrogen and oxygen atoms in total. The van der Waals surface area contributed by atoms with Crippen molar-refractivity contribution in [1.82, 2.24) is 10.1 Å². The molecule has 1 heterocycles. The summed E-state index contributed by atoms with van der Waals surface area (Å²) in [6, 6.07) is 12.2. The molecule has 0 N–H and O–H groups in total. The molecule has 98 valence electrons. The number of rotatable bonds is 5. The van der Waals surface area contributed by atoms with Gasteiger partial charge in [-0.25, -0.2) is 0 Å². The molecule has 0 atom stereocenters. The highest BCUT2D eigenvalue weighted by Gasteiger charge is 2.35. The molecular weight excluding hydrogens is 238 g/mol. The van der Waals surface area contributed by atoms with Gasteiger partial charge in [0, 0.05) is 0 Å². The van der Waals surface area contributed by atoms with Crippen molar-refractivity contribution in [3.63, 3.8) is 0 Å². The summed E-state index contributed by atoms with van der Waals surface area (Å²) in [6.45, 7) is 4.24. The van der Waals surface area contributed by atoms with Crippen molar-refractivity contribution in [2.24, 2.45) is 0 Å². The van der Waals surface area contributed by atoms with E-state index in [1.807, 2.05) is 24.3 Å². The van der Waals surface area contributed by atoms with E-state index in [0.29, 0.717) is 11.7 Å². The molecule has 0 saturated carbocycles. The Hall–Kier alpha value is -2.15. The van der Waals surface area contributed by atoms with Crippen LogP contribution in [0.2, 0.25) is 0 Å². The minimum Gasteiger partial charge on any atom is -0.338 e. The molecule has 0 saturated heterocycles. The van der Waals surface area contributed by atoms with Crippen molar-refractivity contribution < 1.29 is 4.52 Å². The maximum absolute atomic E-state index is 8.69. The normalized spacial score (nSPS) is 11.2. The number of benzene rings is 1. The van der Waals surface area contributed by atoms with Gasteiger partial charge in [0.25, 0.3) is 0 Å². The van der Waals surface area contributed by atoms with Gasteiger partial charge in [0.05, 0.1) is 11.5 Å². The predicted octanol–water partition coefficient (Wildman–Crippen LogP) is 3.24. The third kappa shape index (κ3) is 2.37. The molecule has 0 aliphatic heterocycles. The van der Waals surface area contributed by atoms with E-state index in [1.54, 1.807) is 0 Å². The van der Waals surface area contributed by atoms with Crippen LogP contribution in [0.25, 0.3) is 0 Å². The highest BCUT2D eigenvalue weighted by molar-refractivity contribution is 5.32. The maximum atomic E-state index is 8.69. The Balaban J connectivity index is 2.47. The fourth-order valence-electron chi connectivity index (χ4n) is 2.45. The van der Waals surface area contributed by atoms with E-state index in [0.717, 1.165) is 12.8 Å². The van der Waals surface area contributed by atoms with E-state index in [4.69, 9.17) is 9.78 Å². The number of hydrogen-bond acceptors (Lipinski definition) is 4. The lowest BCUT2D eigenvalue weighted by molar-refractivity contribution is 0.359. The first-order valence-corrected chi connectivity index (χ1v) is 6.52. The zero-order chi connectivity index (χ0) is 13.7. The molecule has 19 heavy (non-hydrogen) atoms. The highest BCUT2D eigenvalue weighted by Crippen LogP contribution is 2.36. The molecule has 0 spiro atoms. The van der Waals surface area contributed by atoms with Crippen LogP contribution in [-0.2, 0) is 11.8 Å². The summed E-state index contributed by atoms with van der Waals surface area (Å²) in [7, 11) is 0. The zero-order valence-corrected chi connectivity index (χ0v) is 11.3. The first kappa shape index (κ1) is 13.3. The molecular formula is C15H17N3O. The lowest BCUT2D eigenvalue weighted by Gasteiger charge is -2.28. The van der Waals surface area contributed by atoms with Gasteiger partial charge in [0.2, 0.25) is 5.89 Å². The lowest BCUT2D eigenvalue weighted by atomic mass is 9.75. The summed E-state index contributed by atoms with van der Waals surface area (Å²) in [6.07, 6.45) is 1.93. The Bertz CT molecular complexity index is 565. The average molecular weight is 255 g/mol. The molecule has 0 fully saturated rings. The number of hydrogen-bond donors (Lipinski definition) is 0. The number of nitriles is 1. The summed E-state index contributed by atoms with van der Waals surface area (Å²) in [4.78, 5) is 4.39. The summed E-state index contributed by atoms with van der Waals surface area (Å²) in [5, 5.41) is 12.8. The summed E-state index contributed by atoms with van der Waals surface area (Å²) in [5.41, 5.74) is 0.947. The van der Waals surface area contributed by atoms with Gasteiger partial charge in [-0.15, -0.1) is 0 Å². The van der Waals surface area contributed by atoms with Crippen LogP contribution in [0.1, 0.15) is 44.0 Å². The summed E-state index contributed by atoms with van der Waals surface area (Å²) in [5.74, 6) is 1.06. The van der Waals surface area contributed by atoms with E-state index in [-0.39, 0.29) is 11.8 Å². The predicted molar refractivity (Wildman–Crippen MR) is 71.4 cm³/mol. The standard InChI is InChI=1S/C15H17N3O/c1-3-15(4-2,12-8-6-5-7-9-12)14-17-13(10-11-16)19-18-14/h5-9H,3-4,10H2,1-2H3. The van der Waals surface area contributed by atoms with Crippen molar-refractivity contribution in [2.75, 3.05) is 0 Å². The Kier molecular flexibility index (Phi) is 3.96. The quantitative estimate of drug-likeness (QED) is 0.822. The molecule has 0 bridgehead atoms. The van der Waals surface area contributed by atoms with Crippen molar-refractivity contribution in [3.05, 3.63) is 47.6 Å². The fraction of sp³-hybridized carbons (Fsp3) is 0.400. The van der Waals surface area contributed by atoms with Crippen molar-refractivity contribution in [1.29, 1.82) is 5.26 Å². The molecule has 1 aromatic carbocycles. The smallest absolute Gasteiger partial charge is 0.240 e. The van der Waals surface area contributed by atoms with E-state index in [1.165, 1.54) is 5.56 Å². The fourth-order valence-corrected chi connectivity index (χ4v) is 2.45. The van der Waals surface area contributed by atoms with E-state index >= 15 is 0 Å². The largest absolute Gasteiger partial charge is 0.338 e. The molecule has 0 unspecified atom stereocenters. The SMILES string of the molecule is CCC(CC)(c1ccccc1)c1noc(CC#N)n1. The number of aromatic nitrogens is 2. The molecule has 2 rings (SSSR count). The Labute approximate surface area is 113 Å². The second-order valence-electron chi connectivity index (χ2n) is 4.50. The van der Waals surface area contributed by atoms with Gasteiger partial charge in [-0.2, -0.15) is 10.2 Å². The van der Waals surface area contributed by atoms with Crippen LogP contribution in [0.4, 0.5) is 0 Å². The first-order valence-electron chi connectivity index (χ1n) is 6.52. The summed E-state index contributed by atoms with van der Waals surface area (Å²) < 4.78 is 5.15. The van der Waals surface area contributed by atoms with Crippen LogP contribution < -0.4 is 0 Å². The van der Waals surface area contributed by atoms with Crippen molar-refractivity contribution >= 4 is 0 Å². The van der Waals surface area contributed by atoms with Crippen molar-refractivity contribution in [2.45, 2.75) is 38.5 Å². The van der Waals surface area contributed by atoms with Gasteiger partial charge in [-0.05, 0) is 18.4 Å². The van der Waals surface area contributed by atoms with Crippen molar-refractivity contribution in [3.8, 4) is 6.07 Å². The highest BCUT2D eigenvalue weighted by atomic mass is 16.5. The third-order valence-electron chi connectivity index (χ3n) is 3.66. The van der Waals surface area contributed by atoms with Crippen LogP contribution in [0, 0.1) is 11.3 Å². The second kappa shape index (κ2) is 5.66. The van der Waals surface area contributed by atoms with Crippen LogP contribution >= 0.6 is 0 Å². The topological polar surface area (TPSA) is 62.7 Å². The maximum Gasteiger partial charge on any atom is 0.240 e. The summed E-state index contributed by atoms with van der Waals surface area (Å²) >= 11 is 0. The van der Waals surface area contributed by atoms with Crippen LogP contribution in [0.15, 0.2) is 34.9 Å². The lowest BCUT2D eigenvalue weighted by Crippen LogP contribution is -2.27. The number of nitrogens with zero attached hydrogens (tertiary/aromatic N) is 3. The Morgan fingerprint density at radius 2 is 1.89 bits per heavy atom. The van der Waals surface area contributed by atoms with Gasteiger partial charge >= 0.3 is 0 Å². The van der Waals surface area contributed by atoms with E-state index in [2.05, 4.69) is 36.1 Å². The first-order chi connectivity index (χ1) is 9.26. The minimum absolute atomic E-state index is 0.158. The molecule has 0 amide bonds. The van der Waals surface area contributed by atoms with Gasteiger partial charge in [0.15, 0.2) is 5.82 Å². The van der Waals surface area contributed by atoms with Crippen LogP contribution in [0.5, 0.6) is 0 Å². The minimum atomic E-state index is -0.238. The Morgan fingerprint density at radius 1 is 1.21 bits per heavy atom. The zero-order valence-electron chi connectivity index (χ0n) is 11.3. The monoisotopic (exact) mass is 255 g/mol. The molecule has 1 aromatic heterocycles. The third-order valence-corrected chi connectivity index (χ3v) is 3.66. The van der Waals surface area contributed by atoms with Gasteiger partial charge < -0.3 is 4.52 Å². The van der Waals surface area contributed by atoms with Gasteiger partial charge in [-0.3, -0.25) is 0 Å². The molecule has 4 heteroatoms. The van der Waals surface area contributed by atoms with Gasteiger partial charge in [0.1, 0.15) is 6.42 Å². The Morgan fingerprint density at radius 3 is 2.47 bits per heavy atom. The second-order valence-corrected chi connectivity index (χ2v) is 4.50. The average Bonchev–Trinajstić information content (AvgIpc) is 2.92. The molecule has 0 aliphatic rings. The van der Waals surface area contributed by atoms with Gasteiger partial charge in [-0.1, -0.05) is 49.3 Å². The van der Waals surface area contributed by atoms with E-state index in [9.17, 15) is 0 Å². The van der Waals surface area contributed by atoms with E-state index < -0.39 is 0 Å².